The molecule has 0 saturated carbocycles. The molecule has 0 radical (unpaired) electrons. The van der Waals surface area contributed by atoms with E-state index in [1.54, 1.807) is 0 Å². The van der Waals surface area contributed by atoms with Gasteiger partial charge in [-0.05, 0) is 33.0 Å². The molecule has 1 saturated heterocycles. The molecule has 0 bridgehead atoms. The Kier molecular flexibility index (Phi) is 4.69. The molecule has 0 spiro atoms. The van der Waals surface area contributed by atoms with Crippen molar-refractivity contribution >= 4 is 6.03 Å². The molecule has 4 N–H and O–H groups in total. The minimum absolute atomic E-state index is 0.0706. The van der Waals surface area contributed by atoms with Crippen LogP contribution in [-0.2, 0) is 0 Å². The fourth-order valence-corrected chi connectivity index (χ4v) is 1.59. The van der Waals surface area contributed by atoms with Gasteiger partial charge >= 0.3 is 6.03 Å². The van der Waals surface area contributed by atoms with Crippen LogP contribution in [0.5, 0.6) is 0 Å². The van der Waals surface area contributed by atoms with Crippen molar-refractivity contribution in [3.63, 3.8) is 0 Å². The van der Waals surface area contributed by atoms with Crippen molar-refractivity contribution in [1.29, 1.82) is 0 Å². The Morgan fingerprint density at radius 3 is 3.00 bits per heavy atom. The van der Waals surface area contributed by atoms with Gasteiger partial charge in [0.05, 0.1) is 0 Å². The van der Waals surface area contributed by atoms with Gasteiger partial charge in [0.1, 0.15) is 0 Å². The molecule has 1 unspecified atom stereocenters. The number of likely N-dealkylation sites (tertiary alicyclic amines) is 1. The van der Waals surface area contributed by atoms with Crippen LogP contribution in [0.4, 0.5) is 4.79 Å². The third-order valence-corrected chi connectivity index (χ3v) is 2.39. The zero-order valence-electron chi connectivity index (χ0n) is 8.75. The Bertz CT molecular complexity index is 186. The van der Waals surface area contributed by atoms with Crippen molar-refractivity contribution in [3.8, 4) is 0 Å². The average molecular weight is 200 g/mol. The van der Waals surface area contributed by atoms with E-state index in [1.165, 1.54) is 0 Å². The van der Waals surface area contributed by atoms with Crippen LogP contribution < -0.4 is 16.4 Å². The number of carbonyl (C=O) groups is 1. The van der Waals surface area contributed by atoms with Crippen molar-refractivity contribution in [3.05, 3.63) is 0 Å². The van der Waals surface area contributed by atoms with E-state index in [0.717, 1.165) is 25.9 Å². The monoisotopic (exact) mass is 200 g/mol. The summed E-state index contributed by atoms with van der Waals surface area (Å²) in [4.78, 5) is 13.5. The molecular weight excluding hydrogens is 180 g/mol. The predicted octanol–water partition coefficient (Wildman–Crippen LogP) is -0.661. The van der Waals surface area contributed by atoms with E-state index < -0.39 is 0 Å². The molecule has 1 aliphatic heterocycles. The Morgan fingerprint density at radius 1 is 1.64 bits per heavy atom. The highest BCUT2D eigenvalue weighted by molar-refractivity contribution is 5.74. The van der Waals surface area contributed by atoms with Gasteiger partial charge in [0.25, 0.3) is 0 Å². The maximum Gasteiger partial charge on any atom is 0.315 e. The predicted molar refractivity (Wildman–Crippen MR) is 56.1 cm³/mol. The lowest BCUT2D eigenvalue weighted by molar-refractivity contribution is 0.237. The molecule has 1 aliphatic rings. The second kappa shape index (κ2) is 5.82. The number of rotatable bonds is 4. The average Bonchev–Trinajstić information content (AvgIpc) is 2.52. The number of nitrogens with two attached hydrogens (primary N) is 1. The van der Waals surface area contributed by atoms with Gasteiger partial charge in [0, 0.05) is 19.1 Å². The molecule has 0 aliphatic carbocycles. The first-order chi connectivity index (χ1) is 6.72. The number of urea groups is 1. The number of carbonyl (C=O) groups excluding carboxylic acids is 1. The van der Waals surface area contributed by atoms with E-state index in [0.29, 0.717) is 19.1 Å². The largest absolute Gasteiger partial charge is 0.338 e. The SMILES string of the molecule is CN1CCC(NC(=O)NCCCN)C1. The van der Waals surface area contributed by atoms with Crippen LogP contribution in [0, 0.1) is 0 Å². The topological polar surface area (TPSA) is 70.4 Å². The van der Waals surface area contributed by atoms with Gasteiger partial charge in [-0.25, -0.2) is 4.79 Å². The van der Waals surface area contributed by atoms with Crippen LogP contribution in [-0.4, -0.2) is 50.2 Å². The third kappa shape index (κ3) is 3.93. The molecule has 2 amide bonds. The lowest BCUT2D eigenvalue weighted by Gasteiger charge is -2.13. The van der Waals surface area contributed by atoms with Gasteiger partial charge < -0.3 is 21.3 Å². The molecule has 0 aromatic rings. The number of hydrogen-bond acceptors (Lipinski definition) is 3. The number of hydrogen-bond donors (Lipinski definition) is 3. The van der Waals surface area contributed by atoms with Gasteiger partial charge in [-0.15, -0.1) is 0 Å². The normalized spacial score (nSPS) is 22.3. The van der Waals surface area contributed by atoms with E-state index in [9.17, 15) is 4.79 Å². The van der Waals surface area contributed by atoms with Crippen LogP contribution in [0.15, 0.2) is 0 Å². The smallest absolute Gasteiger partial charge is 0.315 e. The summed E-state index contributed by atoms with van der Waals surface area (Å²) in [6.45, 7) is 3.29. The molecule has 1 rings (SSSR count). The first-order valence-electron chi connectivity index (χ1n) is 5.15. The Labute approximate surface area is 85.0 Å². The molecule has 1 heterocycles. The Hall–Kier alpha value is -0.810. The summed E-state index contributed by atoms with van der Waals surface area (Å²) in [5.74, 6) is 0. The molecule has 5 nitrogen and oxygen atoms in total. The van der Waals surface area contributed by atoms with Crippen molar-refractivity contribution in [2.75, 3.05) is 33.2 Å². The first kappa shape index (κ1) is 11.3. The second-order valence-electron chi connectivity index (χ2n) is 3.79. The van der Waals surface area contributed by atoms with Crippen LogP contribution in [0.3, 0.4) is 0 Å². The van der Waals surface area contributed by atoms with E-state index in [1.807, 2.05) is 0 Å². The third-order valence-electron chi connectivity index (χ3n) is 2.39. The first-order valence-corrected chi connectivity index (χ1v) is 5.15. The van der Waals surface area contributed by atoms with Crippen molar-refractivity contribution in [2.24, 2.45) is 5.73 Å². The maximum atomic E-state index is 11.3. The van der Waals surface area contributed by atoms with Crippen LogP contribution in [0.1, 0.15) is 12.8 Å². The van der Waals surface area contributed by atoms with Crippen molar-refractivity contribution < 1.29 is 4.79 Å². The standard InChI is InChI=1S/C9H20N4O/c1-13-6-3-8(7-13)12-9(14)11-5-2-4-10/h8H,2-7,10H2,1H3,(H2,11,12,14). The summed E-state index contributed by atoms with van der Waals surface area (Å²) in [6.07, 6.45) is 1.87. The lowest BCUT2D eigenvalue weighted by Crippen LogP contribution is -2.43. The summed E-state index contributed by atoms with van der Waals surface area (Å²) in [5, 5.41) is 5.71. The molecular formula is C9H20N4O. The zero-order valence-corrected chi connectivity index (χ0v) is 8.75. The van der Waals surface area contributed by atoms with E-state index in [-0.39, 0.29) is 6.03 Å². The van der Waals surface area contributed by atoms with E-state index >= 15 is 0 Å². The fraction of sp³-hybridized carbons (Fsp3) is 0.889. The molecule has 0 aromatic heterocycles. The quantitative estimate of drug-likeness (QED) is 0.528. The van der Waals surface area contributed by atoms with Gasteiger partial charge in [0.15, 0.2) is 0 Å². The molecule has 1 atom stereocenters. The maximum absolute atomic E-state index is 11.3. The van der Waals surface area contributed by atoms with E-state index in [4.69, 9.17) is 5.73 Å². The summed E-state index contributed by atoms with van der Waals surface area (Å²) < 4.78 is 0. The molecule has 5 heteroatoms. The van der Waals surface area contributed by atoms with Crippen LogP contribution >= 0.6 is 0 Å². The fourth-order valence-electron chi connectivity index (χ4n) is 1.59. The van der Waals surface area contributed by atoms with Crippen LogP contribution in [0.25, 0.3) is 0 Å². The lowest BCUT2D eigenvalue weighted by atomic mass is 10.3. The molecule has 14 heavy (non-hydrogen) atoms. The van der Waals surface area contributed by atoms with E-state index in [2.05, 4.69) is 22.6 Å². The highest BCUT2D eigenvalue weighted by Crippen LogP contribution is 2.05. The van der Waals surface area contributed by atoms with Gasteiger partial charge in [0.2, 0.25) is 0 Å². The highest BCUT2D eigenvalue weighted by Gasteiger charge is 2.20. The number of nitrogens with zero attached hydrogens (tertiary/aromatic N) is 1. The van der Waals surface area contributed by atoms with Crippen LogP contribution in [0.2, 0.25) is 0 Å². The summed E-state index contributed by atoms with van der Waals surface area (Å²) >= 11 is 0. The summed E-state index contributed by atoms with van der Waals surface area (Å²) in [7, 11) is 2.06. The Balaban J connectivity index is 2.08. The molecule has 1 fully saturated rings. The molecule has 0 aromatic carbocycles. The number of likely N-dealkylation sites (N-methyl/N-ethyl adjacent to an activating group) is 1. The minimum Gasteiger partial charge on any atom is -0.338 e. The Morgan fingerprint density at radius 2 is 2.43 bits per heavy atom. The summed E-state index contributed by atoms with van der Waals surface area (Å²) in [6, 6.07) is 0.233. The van der Waals surface area contributed by atoms with Gasteiger partial charge in [-0.3, -0.25) is 0 Å². The second-order valence-corrected chi connectivity index (χ2v) is 3.79. The van der Waals surface area contributed by atoms with Gasteiger partial charge in [-0.2, -0.15) is 0 Å². The highest BCUT2D eigenvalue weighted by atomic mass is 16.2. The number of nitrogens with one attached hydrogen (secondary N) is 2. The summed E-state index contributed by atoms with van der Waals surface area (Å²) in [5.41, 5.74) is 5.32. The van der Waals surface area contributed by atoms with Crippen molar-refractivity contribution in [1.82, 2.24) is 15.5 Å². The van der Waals surface area contributed by atoms with Gasteiger partial charge in [-0.1, -0.05) is 0 Å². The zero-order chi connectivity index (χ0) is 10.4. The van der Waals surface area contributed by atoms with Crippen molar-refractivity contribution in [2.45, 2.75) is 18.9 Å². The number of amides is 2. The molecule has 82 valence electrons. The minimum atomic E-state index is -0.0706.